The Hall–Kier alpha value is -3.10. The standard InChI is InChI=1S/C23H24N6OS/c1-22(2)10-15(11-23(3,4)28-22)16-5-7-29-13-17(27-21(29)26-16)19-18(30)9-14(12-25-19)20-24-6-8-31-20/h5-10,12-13,28,30H,11H2,1-4H3. The van der Waals surface area contributed by atoms with Gasteiger partial charge in [-0.1, -0.05) is 6.08 Å². The Kier molecular flexibility index (Phi) is 4.46. The van der Waals surface area contributed by atoms with Crippen molar-refractivity contribution in [1.82, 2.24) is 29.7 Å². The van der Waals surface area contributed by atoms with E-state index in [1.54, 1.807) is 18.5 Å². The molecule has 0 unspecified atom stereocenters. The second kappa shape index (κ2) is 6.96. The molecule has 0 saturated heterocycles. The van der Waals surface area contributed by atoms with E-state index in [1.165, 1.54) is 16.9 Å². The van der Waals surface area contributed by atoms with E-state index in [9.17, 15) is 5.11 Å². The summed E-state index contributed by atoms with van der Waals surface area (Å²) in [6.45, 7) is 8.75. The predicted octanol–water partition coefficient (Wildman–Crippen LogP) is 4.55. The van der Waals surface area contributed by atoms with Gasteiger partial charge in [-0.05, 0) is 51.8 Å². The molecule has 4 aromatic rings. The van der Waals surface area contributed by atoms with E-state index in [0.717, 1.165) is 22.7 Å². The van der Waals surface area contributed by atoms with Crippen molar-refractivity contribution in [2.24, 2.45) is 0 Å². The molecule has 1 aliphatic rings. The van der Waals surface area contributed by atoms with Crippen LogP contribution in [-0.4, -0.2) is 40.5 Å². The highest BCUT2D eigenvalue weighted by Crippen LogP contribution is 2.34. The number of hydrogen-bond acceptors (Lipinski definition) is 7. The van der Waals surface area contributed by atoms with Crippen LogP contribution < -0.4 is 5.32 Å². The highest BCUT2D eigenvalue weighted by atomic mass is 32.1. The van der Waals surface area contributed by atoms with Crippen LogP contribution in [0.15, 0.2) is 48.4 Å². The van der Waals surface area contributed by atoms with Crippen LogP contribution >= 0.6 is 11.3 Å². The van der Waals surface area contributed by atoms with Gasteiger partial charge in [-0.2, -0.15) is 0 Å². The lowest BCUT2D eigenvalue weighted by Crippen LogP contribution is -2.53. The molecular weight excluding hydrogens is 408 g/mol. The number of hydrogen-bond donors (Lipinski definition) is 2. The van der Waals surface area contributed by atoms with Crippen molar-refractivity contribution in [3.63, 3.8) is 0 Å². The smallest absolute Gasteiger partial charge is 0.234 e. The van der Waals surface area contributed by atoms with E-state index >= 15 is 0 Å². The fraction of sp³-hybridized carbons (Fsp3) is 0.304. The number of fused-ring (bicyclic) bond motifs is 1. The molecule has 1 aliphatic heterocycles. The van der Waals surface area contributed by atoms with Gasteiger partial charge in [-0.15, -0.1) is 11.3 Å². The lowest BCUT2D eigenvalue weighted by Gasteiger charge is -2.41. The lowest BCUT2D eigenvalue weighted by molar-refractivity contribution is 0.297. The summed E-state index contributed by atoms with van der Waals surface area (Å²) in [6.07, 6.45) is 10.4. The zero-order valence-corrected chi connectivity index (χ0v) is 18.7. The molecule has 31 heavy (non-hydrogen) atoms. The van der Waals surface area contributed by atoms with Crippen LogP contribution in [-0.2, 0) is 0 Å². The van der Waals surface area contributed by atoms with Crippen LogP contribution in [0.2, 0.25) is 0 Å². The second-order valence-electron chi connectivity index (χ2n) is 9.15. The molecule has 0 spiro atoms. The highest BCUT2D eigenvalue weighted by molar-refractivity contribution is 7.13. The van der Waals surface area contributed by atoms with E-state index in [-0.39, 0.29) is 16.8 Å². The van der Waals surface area contributed by atoms with Crippen LogP contribution in [0.1, 0.15) is 39.8 Å². The van der Waals surface area contributed by atoms with Crippen LogP contribution in [0, 0.1) is 0 Å². The van der Waals surface area contributed by atoms with Gasteiger partial charge < -0.3 is 10.4 Å². The van der Waals surface area contributed by atoms with Gasteiger partial charge in [-0.25, -0.2) is 19.9 Å². The van der Waals surface area contributed by atoms with E-state index in [2.05, 4.69) is 54.0 Å². The molecule has 158 valence electrons. The number of nitrogens with zero attached hydrogens (tertiary/aromatic N) is 5. The number of nitrogens with one attached hydrogen (secondary N) is 1. The third-order valence-electron chi connectivity index (χ3n) is 5.27. The Morgan fingerprint density at radius 1 is 1.13 bits per heavy atom. The SMILES string of the molecule is CC1(C)C=C(c2ccn3cc(-c4ncc(-c5nccs5)cc4O)nc3n2)CC(C)(C)N1. The molecule has 4 aromatic heterocycles. The zero-order valence-electron chi connectivity index (χ0n) is 17.9. The van der Waals surface area contributed by atoms with E-state index in [0.29, 0.717) is 17.2 Å². The number of aromatic hydroxyl groups is 1. The molecule has 0 saturated carbocycles. The van der Waals surface area contributed by atoms with Crippen molar-refractivity contribution in [2.75, 3.05) is 0 Å². The summed E-state index contributed by atoms with van der Waals surface area (Å²) in [5.41, 5.74) is 3.78. The van der Waals surface area contributed by atoms with Crippen molar-refractivity contribution >= 4 is 22.7 Å². The minimum Gasteiger partial charge on any atom is -0.506 e. The van der Waals surface area contributed by atoms with Gasteiger partial charge in [0.05, 0.1) is 5.69 Å². The summed E-state index contributed by atoms with van der Waals surface area (Å²) in [7, 11) is 0. The fourth-order valence-corrected chi connectivity index (χ4v) is 5.00. The first-order chi connectivity index (χ1) is 14.7. The van der Waals surface area contributed by atoms with E-state index < -0.39 is 0 Å². The van der Waals surface area contributed by atoms with Gasteiger partial charge in [0.15, 0.2) is 0 Å². The summed E-state index contributed by atoms with van der Waals surface area (Å²) < 4.78 is 1.85. The van der Waals surface area contributed by atoms with Crippen LogP contribution in [0.25, 0.3) is 33.3 Å². The average Bonchev–Trinajstić information content (AvgIpc) is 3.34. The molecule has 0 fully saturated rings. The summed E-state index contributed by atoms with van der Waals surface area (Å²) in [5.74, 6) is 0.647. The van der Waals surface area contributed by atoms with Gasteiger partial charge >= 0.3 is 0 Å². The Morgan fingerprint density at radius 3 is 2.65 bits per heavy atom. The minimum atomic E-state index is -0.111. The maximum absolute atomic E-state index is 10.6. The summed E-state index contributed by atoms with van der Waals surface area (Å²) in [4.78, 5) is 18.2. The first kappa shape index (κ1) is 19.8. The number of rotatable bonds is 3. The molecule has 8 heteroatoms. The maximum Gasteiger partial charge on any atom is 0.234 e. The number of aromatic nitrogens is 5. The summed E-state index contributed by atoms with van der Waals surface area (Å²) in [6, 6.07) is 3.69. The van der Waals surface area contributed by atoms with Crippen molar-refractivity contribution in [2.45, 2.75) is 45.2 Å². The van der Waals surface area contributed by atoms with Gasteiger partial charge in [0.1, 0.15) is 22.1 Å². The zero-order chi connectivity index (χ0) is 21.8. The Bertz CT molecular complexity index is 1300. The molecule has 7 nitrogen and oxygen atoms in total. The molecule has 2 N–H and O–H groups in total. The quantitative estimate of drug-likeness (QED) is 0.494. The minimum absolute atomic E-state index is 0.0170. The number of thiazole rings is 1. The number of imidazole rings is 1. The van der Waals surface area contributed by atoms with Gasteiger partial charge in [0.2, 0.25) is 5.78 Å². The Morgan fingerprint density at radius 2 is 1.94 bits per heavy atom. The van der Waals surface area contributed by atoms with Crippen molar-refractivity contribution in [1.29, 1.82) is 0 Å². The Labute approximate surface area is 184 Å². The molecule has 0 bridgehead atoms. The molecule has 0 atom stereocenters. The van der Waals surface area contributed by atoms with Crippen molar-refractivity contribution in [3.8, 4) is 27.7 Å². The molecule has 5 rings (SSSR count). The third-order valence-corrected chi connectivity index (χ3v) is 6.09. The highest BCUT2D eigenvalue weighted by Gasteiger charge is 2.33. The Balaban J connectivity index is 1.51. The van der Waals surface area contributed by atoms with E-state index in [4.69, 9.17) is 4.98 Å². The molecule has 0 radical (unpaired) electrons. The molecule has 0 amide bonds. The van der Waals surface area contributed by atoms with Gasteiger partial charge in [0.25, 0.3) is 0 Å². The first-order valence-electron chi connectivity index (χ1n) is 10.2. The van der Waals surface area contributed by atoms with Gasteiger partial charge in [0, 0.05) is 46.8 Å². The topological polar surface area (TPSA) is 88.2 Å². The largest absolute Gasteiger partial charge is 0.506 e. The maximum atomic E-state index is 10.6. The summed E-state index contributed by atoms with van der Waals surface area (Å²) >= 11 is 1.50. The third kappa shape index (κ3) is 3.84. The van der Waals surface area contributed by atoms with E-state index in [1.807, 2.05) is 28.2 Å². The fourth-order valence-electron chi connectivity index (χ4n) is 4.38. The molecule has 0 aliphatic carbocycles. The van der Waals surface area contributed by atoms with Crippen molar-refractivity contribution in [3.05, 3.63) is 54.1 Å². The monoisotopic (exact) mass is 432 g/mol. The van der Waals surface area contributed by atoms with Crippen LogP contribution in [0.4, 0.5) is 0 Å². The molecule has 5 heterocycles. The second-order valence-corrected chi connectivity index (χ2v) is 10.0. The number of pyridine rings is 1. The molecular formula is C23H24N6OS. The first-order valence-corrected chi connectivity index (χ1v) is 11.0. The summed E-state index contributed by atoms with van der Waals surface area (Å²) in [5, 5.41) is 16.9. The molecule has 0 aromatic carbocycles. The van der Waals surface area contributed by atoms with Crippen molar-refractivity contribution < 1.29 is 5.11 Å². The normalized spacial score (nSPS) is 17.6. The lowest BCUT2D eigenvalue weighted by atomic mass is 9.82. The van der Waals surface area contributed by atoms with Crippen LogP contribution in [0.3, 0.4) is 0 Å². The predicted molar refractivity (Wildman–Crippen MR) is 123 cm³/mol. The van der Waals surface area contributed by atoms with Gasteiger partial charge in [-0.3, -0.25) is 4.40 Å². The van der Waals surface area contributed by atoms with Crippen LogP contribution in [0.5, 0.6) is 5.75 Å². The average molecular weight is 433 g/mol.